The van der Waals surface area contributed by atoms with Gasteiger partial charge in [-0.25, -0.2) is 4.98 Å². The molecule has 184 valence electrons. The van der Waals surface area contributed by atoms with E-state index in [1.54, 1.807) is 12.3 Å². The molecule has 6 rings (SSSR count). The van der Waals surface area contributed by atoms with Crippen LogP contribution in [-0.4, -0.2) is 52.1 Å². The predicted octanol–water partition coefficient (Wildman–Crippen LogP) is 4.30. The van der Waals surface area contributed by atoms with E-state index >= 15 is 0 Å². The van der Waals surface area contributed by atoms with Crippen molar-refractivity contribution < 1.29 is 14.4 Å². The number of nitrogens with zero attached hydrogens (tertiary/aromatic N) is 4. The van der Waals surface area contributed by atoms with Gasteiger partial charge in [0.25, 0.3) is 11.8 Å². The summed E-state index contributed by atoms with van der Waals surface area (Å²) in [6, 6.07) is 13.4. The highest BCUT2D eigenvalue weighted by Gasteiger charge is 2.42. The van der Waals surface area contributed by atoms with Crippen molar-refractivity contribution in [3.05, 3.63) is 81.3 Å². The summed E-state index contributed by atoms with van der Waals surface area (Å²) in [5, 5.41) is 2.58. The number of imide groups is 1. The van der Waals surface area contributed by atoms with Crippen LogP contribution < -0.4 is 4.90 Å². The van der Waals surface area contributed by atoms with E-state index in [9.17, 15) is 14.4 Å². The third kappa shape index (κ3) is 3.80. The highest BCUT2D eigenvalue weighted by Crippen LogP contribution is 2.38. The van der Waals surface area contributed by atoms with Gasteiger partial charge in [0.05, 0.1) is 28.8 Å². The number of thiazole rings is 1. The Morgan fingerprint density at radius 1 is 1.06 bits per heavy atom. The van der Waals surface area contributed by atoms with Crippen LogP contribution in [0.15, 0.2) is 54.0 Å². The minimum absolute atomic E-state index is 0.127. The molecule has 0 bridgehead atoms. The summed E-state index contributed by atoms with van der Waals surface area (Å²) in [5.41, 5.74) is 4.18. The molecule has 3 amide bonds. The fourth-order valence-electron chi connectivity index (χ4n) is 5.79. The molecule has 0 spiro atoms. The first-order valence-corrected chi connectivity index (χ1v) is 13.4. The molecule has 3 aromatic rings. The van der Waals surface area contributed by atoms with Crippen LogP contribution in [0.5, 0.6) is 0 Å². The molecule has 0 unspecified atom stereocenters. The summed E-state index contributed by atoms with van der Waals surface area (Å²) in [7, 11) is 0. The summed E-state index contributed by atoms with van der Waals surface area (Å²) in [4.78, 5) is 50.1. The van der Waals surface area contributed by atoms with Crippen LogP contribution in [-0.2, 0) is 17.8 Å². The summed E-state index contributed by atoms with van der Waals surface area (Å²) in [5.74, 6) is -0.508. The number of piperidine rings is 1. The standard InChI is InChI=1S/C28H28N4O3S/c1-18(25-29-12-15-36-25)32-27(34)22-9-4-10-23(24(22)28(32)35)30-13-5-8-21(17-30)26(33)31-14-11-19-6-2-3-7-20(19)16-31/h2-4,6-7,9-10,12,15,18,21H,5,8,11,13-14,16-17H2,1H3/t18-,21-/m1/s1. The smallest absolute Gasteiger partial charge is 0.264 e. The number of amides is 3. The molecule has 0 radical (unpaired) electrons. The maximum atomic E-state index is 13.6. The highest BCUT2D eigenvalue weighted by atomic mass is 32.1. The Hall–Kier alpha value is -3.52. The summed E-state index contributed by atoms with van der Waals surface area (Å²) in [6.45, 7) is 4.54. The number of hydrogen-bond acceptors (Lipinski definition) is 6. The summed E-state index contributed by atoms with van der Waals surface area (Å²) < 4.78 is 0. The van der Waals surface area contributed by atoms with E-state index in [4.69, 9.17) is 0 Å². The van der Waals surface area contributed by atoms with Gasteiger partial charge >= 0.3 is 0 Å². The van der Waals surface area contributed by atoms with Crippen LogP contribution >= 0.6 is 11.3 Å². The van der Waals surface area contributed by atoms with Gasteiger partial charge in [-0.3, -0.25) is 19.3 Å². The van der Waals surface area contributed by atoms with E-state index in [1.807, 2.05) is 35.4 Å². The van der Waals surface area contributed by atoms with E-state index in [-0.39, 0.29) is 23.6 Å². The van der Waals surface area contributed by atoms with Gasteiger partial charge in [0, 0.05) is 37.8 Å². The lowest BCUT2D eigenvalue weighted by Crippen LogP contribution is -2.46. The lowest BCUT2D eigenvalue weighted by atomic mass is 9.93. The van der Waals surface area contributed by atoms with Crippen LogP contribution in [0, 0.1) is 5.92 Å². The van der Waals surface area contributed by atoms with Gasteiger partial charge in [-0.1, -0.05) is 30.3 Å². The fraction of sp³-hybridized carbons (Fsp3) is 0.357. The largest absolute Gasteiger partial charge is 0.370 e. The summed E-state index contributed by atoms with van der Waals surface area (Å²) in [6.07, 6.45) is 4.27. The van der Waals surface area contributed by atoms with Crippen molar-refractivity contribution in [2.24, 2.45) is 5.92 Å². The van der Waals surface area contributed by atoms with Crippen molar-refractivity contribution in [2.75, 3.05) is 24.5 Å². The molecule has 36 heavy (non-hydrogen) atoms. The molecule has 7 nitrogen and oxygen atoms in total. The fourth-order valence-corrected chi connectivity index (χ4v) is 6.48. The number of rotatable bonds is 4. The monoisotopic (exact) mass is 500 g/mol. The minimum Gasteiger partial charge on any atom is -0.370 e. The lowest BCUT2D eigenvalue weighted by molar-refractivity contribution is -0.136. The number of fused-ring (bicyclic) bond motifs is 2. The van der Waals surface area contributed by atoms with Gasteiger partial charge in [0.2, 0.25) is 5.91 Å². The number of benzene rings is 2. The van der Waals surface area contributed by atoms with Gasteiger partial charge in [-0.05, 0) is 49.4 Å². The Bertz CT molecular complexity index is 1340. The second-order valence-corrected chi connectivity index (χ2v) is 10.7. The molecule has 2 aromatic carbocycles. The first-order chi connectivity index (χ1) is 17.5. The van der Waals surface area contributed by atoms with Gasteiger partial charge in [0.15, 0.2) is 0 Å². The van der Waals surface area contributed by atoms with Gasteiger partial charge < -0.3 is 9.80 Å². The van der Waals surface area contributed by atoms with Crippen molar-refractivity contribution in [3.63, 3.8) is 0 Å². The number of anilines is 1. The zero-order chi connectivity index (χ0) is 24.8. The zero-order valence-electron chi connectivity index (χ0n) is 20.2. The Morgan fingerprint density at radius 2 is 1.89 bits per heavy atom. The van der Waals surface area contributed by atoms with Crippen LogP contribution in [0.2, 0.25) is 0 Å². The Morgan fingerprint density at radius 3 is 2.69 bits per heavy atom. The van der Waals surface area contributed by atoms with Crippen LogP contribution in [0.1, 0.15) is 62.7 Å². The first-order valence-electron chi connectivity index (χ1n) is 12.5. The second-order valence-electron chi connectivity index (χ2n) is 9.79. The third-order valence-electron chi connectivity index (χ3n) is 7.67. The average Bonchev–Trinajstić information content (AvgIpc) is 3.55. The maximum Gasteiger partial charge on any atom is 0.264 e. The molecule has 3 aliphatic heterocycles. The predicted molar refractivity (Wildman–Crippen MR) is 138 cm³/mol. The van der Waals surface area contributed by atoms with Crippen molar-refractivity contribution in [1.82, 2.24) is 14.8 Å². The Labute approximate surface area is 214 Å². The maximum absolute atomic E-state index is 13.6. The third-order valence-corrected chi connectivity index (χ3v) is 8.62. The molecule has 3 aliphatic rings. The van der Waals surface area contributed by atoms with Crippen LogP contribution in [0.25, 0.3) is 0 Å². The van der Waals surface area contributed by atoms with Gasteiger partial charge in [0.1, 0.15) is 5.01 Å². The average molecular weight is 501 g/mol. The molecule has 8 heteroatoms. The summed E-state index contributed by atoms with van der Waals surface area (Å²) >= 11 is 1.44. The van der Waals surface area contributed by atoms with Crippen molar-refractivity contribution in [1.29, 1.82) is 0 Å². The second kappa shape index (κ2) is 9.17. The van der Waals surface area contributed by atoms with Crippen molar-refractivity contribution in [3.8, 4) is 0 Å². The molecular weight excluding hydrogens is 472 g/mol. The molecule has 2 atom stereocenters. The lowest BCUT2D eigenvalue weighted by Gasteiger charge is -2.38. The van der Waals surface area contributed by atoms with E-state index < -0.39 is 6.04 Å². The van der Waals surface area contributed by atoms with Gasteiger partial charge in [-0.2, -0.15) is 0 Å². The van der Waals surface area contributed by atoms with Crippen LogP contribution in [0.4, 0.5) is 5.69 Å². The Kier molecular flexibility index (Phi) is 5.84. The van der Waals surface area contributed by atoms with Crippen molar-refractivity contribution >= 4 is 34.7 Å². The molecule has 0 aliphatic carbocycles. The van der Waals surface area contributed by atoms with E-state index in [0.717, 1.165) is 43.0 Å². The number of aromatic nitrogens is 1. The molecule has 0 saturated carbocycles. The molecule has 1 fully saturated rings. The SMILES string of the molecule is C[C@H](c1nccs1)N1C(=O)c2cccc(N3CCC[C@@H](C(=O)N4CCc5ccccc5C4)C3)c2C1=O. The van der Waals surface area contributed by atoms with E-state index in [1.165, 1.54) is 27.4 Å². The highest BCUT2D eigenvalue weighted by molar-refractivity contribution is 7.09. The quantitative estimate of drug-likeness (QED) is 0.500. The minimum atomic E-state index is -0.428. The normalized spacial score (nSPS) is 20.4. The topological polar surface area (TPSA) is 73.8 Å². The van der Waals surface area contributed by atoms with E-state index in [2.05, 4.69) is 28.1 Å². The zero-order valence-corrected chi connectivity index (χ0v) is 21.0. The number of carbonyl (C=O) groups is 3. The van der Waals surface area contributed by atoms with Crippen LogP contribution in [0.3, 0.4) is 0 Å². The Balaban J connectivity index is 1.23. The molecule has 1 aromatic heterocycles. The first kappa shape index (κ1) is 22.9. The van der Waals surface area contributed by atoms with Gasteiger partial charge in [-0.15, -0.1) is 11.3 Å². The molecule has 4 heterocycles. The number of carbonyl (C=O) groups excluding carboxylic acids is 3. The van der Waals surface area contributed by atoms with Crippen molar-refractivity contribution in [2.45, 2.75) is 38.8 Å². The molecular formula is C28H28N4O3S. The molecule has 0 N–H and O–H groups in total. The molecule has 1 saturated heterocycles. The van der Waals surface area contributed by atoms with E-state index in [0.29, 0.717) is 24.2 Å². The number of hydrogen-bond donors (Lipinski definition) is 0.